The van der Waals surface area contributed by atoms with E-state index in [1.165, 1.54) is 5.56 Å². The number of nitrogens with zero attached hydrogens (tertiary/aromatic N) is 2. The summed E-state index contributed by atoms with van der Waals surface area (Å²) in [5, 5.41) is 0.447. The summed E-state index contributed by atoms with van der Waals surface area (Å²) < 4.78 is 11.3. The normalized spacial score (nSPS) is 16.2. The second kappa shape index (κ2) is 8.10. The summed E-state index contributed by atoms with van der Waals surface area (Å²) in [7, 11) is 5.48. The van der Waals surface area contributed by atoms with Gasteiger partial charge in [0.15, 0.2) is 5.43 Å². The molecule has 0 radical (unpaired) electrons. The van der Waals surface area contributed by atoms with Gasteiger partial charge in [0.05, 0.1) is 24.1 Å². The molecule has 3 aromatic rings. The van der Waals surface area contributed by atoms with Crippen LogP contribution >= 0.6 is 0 Å². The first-order valence-corrected chi connectivity index (χ1v) is 10.8. The summed E-state index contributed by atoms with van der Waals surface area (Å²) >= 11 is 0. The van der Waals surface area contributed by atoms with Crippen LogP contribution in [0, 0.1) is 0 Å². The molecule has 1 aromatic heterocycles. The number of benzene rings is 2. The molecule has 2 heterocycles. The molecule has 0 bridgehead atoms. The number of carbonyl (C=O) groups excluding carboxylic acids is 1. The molecule has 1 atom stereocenters. The maximum Gasteiger partial charge on any atom is 0.290 e. The zero-order valence-electron chi connectivity index (χ0n) is 19.6. The van der Waals surface area contributed by atoms with E-state index in [0.717, 1.165) is 5.56 Å². The van der Waals surface area contributed by atoms with Crippen molar-refractivity contribution in [2.45, 2.75) is 32.2 Å². The van der Waals surface area contributed by atoms with Crippen LogP contribution in [0.1, 0.15) is 54.1 Å². The van der Waals surface area contributed by atoms with Gasteiger partial charge in [0, 0.05) is 19.2 Å². The maximum atomic E-state index is 13.6. The van der Waals surface area contributed by atoms with Gasteiger partial charge in [0.25, 0.3) is 5.91 Å². The van der Waals surface area contributed by atoms with Crippen molar-refractivity contribution in [1.82, 2.24) is 9.80 Å². The van der Waals surface area contributed by atoms with Crippen LogP contribution in [0.5, 0.6) is 5.75 Å². The molecule has 0 spiro atoms. The molecule has 6 nitrogen and oxygen atoms in total. The van der Waals surface area contributed by atoms with Crippen molar-refractivity contribution in [2.75, 3.05) is 34.3 Å². The van der Waals surface area contributed by atoms with E-state index in [4.69, 9.17) is 9.15 Å². The fourth-order valence-corrected chi connectivity index (χ4v) is 4.18. The first-order valence-electron chi connectivity index (χ1n) is 10.8. The Morgan fingerprint density at radius 1 is 1.06 bits per heavy atom. The Morgan fingerprint density at radius 2 is 1.75 bits per heavy atom. The van der Waals surface area contributed by atoms with Crippen LogP contribution in [0.15, 0.2) is 51.7 Å². The Labute approximate surface area is 188 Å². The Balaban J connectivity index is 1.89. The molecule has 0 aliphatic carbocycles. The number of hydrogen-bond donors (Lipinski definition) is 0. The molecule has 4 rings (SSSR count). The number of methoxy groups -OCH3 is 1. The van der Waals surface area contributed by atoms with Crippen molar-refractivity contribution in [3.8, 4) is 5.75 Å². The molecule has 1 unspecified atom stereocenters. The standard InChI is InChI=1S/C26H30N2O4/c1-26(2,3)17-9-7-16(8-10-17)22-21-23(29)19-12-11-18(31-6)15-20(19)32-24(21)25(30)28(22)14-13-27(4)5/h7-12,15,22H,13-14H2,1-6H3. The summed E-state index contributed by atoms with van der Waals surface area (Å²) in [4.78, 5) is 30.8. The van der Waals surface area contributed by atoms with Crippen molar-refractivity contribution in [1.29, 1.82) is 0 Å². The maximum absolute atomic E-state index is 13.6. The van der Waals surface area contributed by atoms with Gasteiger partial charge in [-0.25, -0.2) is 0 Å². The third-order valence-electron chi connectivity index (χ3n) is 6.06. The highest BCUT2D eigenvalue weighted by atomic mass is 16.5. The van der Waals surface area contributed by atoms with E-state index in [-0.39, 0.29) is 22.5 Å². The monoisotopic (exact) mass is 434 g/mol. The second-order valence-corrected chi connectivity index (χ2v) is 9.61. The second-order valence-electron chi connectivity index (χ2n) is 9.61. The highest BCUT2D eigenvalue weighted by Gasteiger charge is 2.42. The molecule has 32 heavy (non-hydrogen) atoms. The summed E-state index contributed by atoms with van der Waals surface area (Å²) in [6.07, 6.45) is 0. The van der Waals surface area contributed by atoms with E-state index < -0.39 is 6.04 Å². The van der Waals surface area contributed by atoms with Crippen molar-refractivity contribution < 1.29 is 13.9 Å². The molecular formula is C26H30N2O4. The topological polar surface area (TPSA) is 63.0 Å². The van der Waals surface area contributed by atoms with Gasteiger partial charge in [-0.15, -0.1) is 0 Å². The number of rotatable bonds is 5. The molecule has 0 fully saturated rings. The van der Waals surface area contributed by atoms with Gasteiger partial charge in [-0.1, -0.05) is 45.0 Å². The minimum atomic E-state index is -0.478. The van der Waals surface area contributed by atoms with Crippen molar-refractivity contribution in [2.24, 2.45) is 0 Å². The smallest absolute Gasteiger partial charge is 0.290 e. The predicted molar refractivity (Wildman–Crippen MR) is 126 cm³/mol. The fraction of sp³-hybridized carbons (Fsp3) is 0.385. The van der Waals surface area contributed by atoms with Crippen LogP contribution in [0.3, 0.4) is 0 Å². The number of hydrogen-bond acceptors (Lipinski definition) is 5. The summed E-state index contributed by atoms with van der Waals surface area (Å²) in [5.41, 5.74) is 2.72. The van der Waals surface area contributed by atoms with Crippen LogP contribution in [0.2, 0.25) is 0 Å². The summed E-state index contributed by atoms with van der Waals surface area (Å²) in [6, 6.07) is 12.8. The highest BCUT2D eigenvalue weighted by molar-refractivity contribution is 5.99. The zero-order valence-corrected chi connectivity index (χ0v) is 19.6. The molecule has 1 aliphatic heterocycles. The first kappa shape index (κ1) is 22.1. The van der Waals surface area contributed by atoms with E-state index in [2.05, 4.69) is 32.9 Å². The summed E-state index contributed by atoms with van der Waals surface area (Å²) in [5.74, 6) is 0.442. The number of fused-ring (bicyclic) bond motifs is 2. The average Bonchev–Trinajstić information content (AvgIpc) is 3.03. The molecule has 1 amide bonds. The van der Waals surface area contributed by atoms with Gasteiger partial charge in [0.2, 0.25) is 5.76 Å². The third kappa shape index (κ3) is 3.79. The quantitative estimate of drug-likeness (QED) is 0.602. The number of ether oxygens (including phenoxy) is 1. The molecule has 2 aromatic carbocycles. The SMILES string of the molecule is COc1ccc2c(=O)c3c(oc2c1)C(=O)N(CCN(C)C)C3c1ccc(C(C)(C)C)cc1. The number of likely N-dealkylation sites (N-methyl/N-ethyl adjacent to an activating group) is 1. The number of carbonyl (C=O) groups is 1. The molecule has 6 heteroatoms. The Hall–Kier alpha value is -3.12. The lowest BCUT2D eigenvalue weighted by molar-refractivity contribution is 0.0716. The van der Waals surface area contributed by atoms with Crippen LogP contribution in [-0.2, 0) is 5.41 Å². The van der Waals surface area contributed by atoms with Gasteiger partial charge < -0.3 is 19.0 Å². The van der Waals surface area contributed by atoms with Crippen LogP contribution < -0.4 is 10.2 Å². The van der Waals surface area contributed by atoms with E-state index in [9.17, 15) is 9.59 Å². The molecule has 1 aliphatic rings. The van der Waals surface area contributed by atoms with Crippen molar-refractivity contribution in [3.05, 3.63) is 75.1 Å². The third-order valence-corrected chi connectivity index (χ3v) is 6.06. The van der Waals surface area contributed by atoms with E-state index in [1.807, 2.05) is 31.1 Å². The minimum Gasteiger partial charge on any atom is -0.497 e. The largest absolute Gasteiger partial charge is 0.497 e. The van der Waals surface area contributed by atoms with Crippen LogP contribution in [0.25, 0.3) is 11.0 Å². The molecule has 0 N–H and O–H groups in total. The van der Waals surface area contributed by atoms with Gasteiger partial charge in [-0.2, -0.15) is 0 Å². The lowest BCUT2D eigenvalue weighted by Gasteiger charge is -2.27. The van der Waals surface area contributed by atoms with Crippen LogP contribution in [-0.4, -0.2) is 50.0 Å². The fourth-order valence-electron chi connectivity index (χ4n) is 4.18. The van der Waals surface area contributed by atoms with Gasteiger partial charge in [-0.3, -0.25) is 9.59 Å². The lowest BCUT2D eigenvalue weighted by Crippen LogP contribution is -2.35. The van der Waals surface area contributed by atoms with E-state index >= 15 is 0 Å². The molecule has 168 valence electrons. The molecule has 0 saturated heterocycles. The van der Waals surface area contributed by atoms with Gasteiger partial charge in [0.1, 0.15) is 11.3 Å². The molecular weight excluding hydrogens is 404 g/mol. The minimum absolute atomic E-state index is 0.0147. The lowest BCUT2D eigenvalue weighted by atomic mass is 9.86. The Morgan fingerprint density at radius 3 is 2.34 bits per heavy atom. The Kier molecular flexibility index (Phi) is 5.59. The zero-order chi connectivity index (χ0) is 23.2. The first-order chi connectivity index (χ1) is 15.1. The van der Waals surface area contributed by atoms with Gasteiger partial charge in [-0.05, 0) is 42.8 Å². The highest BCUT2D eigenvalue weighted by Crippen LogP contribution is 2.39. The van der Waals surface area contributed by atoms with Crippen molar-refractivity contribution >= 4 is 16.9 Å². The average molecular weight is 435 g/mol. The van der Waals surface area contributed by atoms with E-state index in [0.29, 0.717) is 35.4 Å². The summed E-state index contributed by atoms with van der Waals surface area (Å²) in [6.45, 7) is 7.65. The number of amides is 1. The Bertz CT molecular complexity index is 1220. The van der Waals surface area contributed by atoms with E-state index in [1.54, 1.807) is 30.2 Å². The van der Waals surface area contributed by atoms with Crippen LogP contribution in [0.4, 0.5) is 0 Å². The van der Waals surface area contributed by atoms with Crippen molar-refractivity contribution in [3.63, 3.8) is 0 Å². The molecule has 0 saturated carbocycles. The predicted octanol–water partition coefficient (Wildman–Crippen LogP) is 4.21. The van der Waals surface area contributed by atoms with Gasteiger partial charge >= 0.3 is 0 Å².